The van der Waals surface area contributed by atoms with Crippen LogP contribution in [0.2, 0.25) is 0 Å². The van der Waals surface area contributed by atoms with Gasteiger partial charge in [0.2, 0.25) is 0 Å². The summed E-state index contributed by atoms with van der Waals surface area (Å²) in [6, 6.07) is 18.7. The maximum atomic E-state index is 12.1. The number of para-hydroxylation sites is 1. The molecule has 102 valence electrons. The summed E-state index contributed by atoms with van der Waals surface area (Å²) in [5, 5.41) is 3.10. The molecule has 0 bridgehead atoms. The molecule has 1 N–H and O–H groups in total. The van der Waals surface area contributed by atoms with Crippen molar-refractivity contribution in [2.45, 2.75) is 6.92 Å². The van der Waals surface area contributed by atoms with Gasteiger partial charge in [-0.25, -0.2) is 0 Å². The Balaban J connectivity index is 2.15. The summed E-state index contributed by atoms with van der Waals surface area (Å²) < 4.78 is 5.47. The second-order valence-electron chi connectivity index (χ2n) is 4.16. The largest absolute Gasteiger partial charge is 0.479 e. The normalized spacial score (nSPS) is 10.9. The highest BCUT2D eigenvalue weighted by Gasteiger charge is 2.05. The average molecular weight is 267 g/mol. The summed E-state index contributed by atoms with van der Waals surface area (Å²) in [6.45, 7) is 2.38. The summed E-state index contributed by atoms with van der Waals surface area (Å²) in [4.78, 5) is 12.1. The van der Waals surface area contributed by atoms with Crippen LogP contribution in [0.3, 0.4) is 0 Å². The Labute approximate surface area is 118 Å². The minimum Gasteiger partial charge on any atom is -0.479 e. The van der Waals surface area contributed by atoms with Crippen LogP contribution < -0.4 is 5.32 Å². The van der Waals surface area contributed by atoms with Gasteiger partial charge in [-0.3, -0.25) is 4.79 Å². The molecular weight excluding hydrogens is 250 g/mol. The highest BCUT2D eigenvalue weighted by molar-refractivity contribution is 6.04. The summed E-state index contributed by atoms with van der Waals surface area (Å²) in [7, 11) is 0. The molecule has 0 fully saturated rings. The molecule has 0 aromatic heterocycles. The van der Waals surface area contributed by atoms with E-state index in [1.165, 1.54) is 6.08 Å². The number of hydrogen-bond donors (Lipinski definition) is 1. The van der Waals surface area contributed by atoms with Crippen LogP contribution in [-0.4, -0.2) is 12.4 Å². The fourth-order valence-corrected chi connectivity index (χ4v) is 1.74. The zero-order valence-corrected chi connectivity index (χ0v) is 11.4. The molecule has 0 heterocycles. The van der Waals surface area contributed by atoms with Gasteiger partial charge in [-0.2, -0.15) is 0 Å². The van der Waals surface area contributed by atoms with E-state index in [9.17, 15) is 4.79 Å². The minimum absolute atomic E-state index is 0.0857. The fourth-order valence-electron chi connectivity index (χ4n) is 1.74. The lowest BCUT2D eigenvalue weighted by molar-refractivity contribution is 0.104. The number of anilines is 1. The van der Waals surface area contributed by atoms with E-state index >= 15 is 0 Å². The first kappa shape index (κ1) is 13.9. The van der Waals surface area contributed by atoms with Gasteiger partial charge in [0, 0.05) is 17.3 Å². The quantitative estimate of drug-likeness (QED) is 0.490. The molecule has 3 heteroatoms. The van der Waals surface area contributed by atoms with E-state index < -0.39 is 0 Å². The van der Waals surface area contributed by atoms with E-state index in [4.69, 9.17) is 4.74 Å². The maximum Gasteiger partial charge on any atom is 0.195 e. The van der Waals surface area contributed by atoms with Gasteiger partial charge >= 0.3 is 0 Å². The van der Waals surface area contributed by atoms with Crippen LogP contribution in [0.4, 0.5) is 5.69 Å². The Morgan fingerprint density at radius 2 is 1.65 bits per heavy atom. The molecule has 0 aliphatic heterocycles. The van der Waals surface area contributed by atoms with Crippen molar-refractivity contribution in [1.82, 2.24) is 0 Å². The summed E-state index contributed by atoms with van der Waals surface area (Å²) >= 11 is 0. The van der Waals surface area contributed by atoms with Gasteiger partial charge in [0.05, 0.1) is 6.61 Å². The van der Waals surface area contributed by atoms with E-state index in [2.05, 4.69) is 5.32 Å². The second-order valence-corrected chi connectivity index (χ2v) is 4.16. The number of rotatable bonds is 6. The SMILES string of the molecule is CCO/C(=C/C(=O)c1ccccc1)Nc1ccccc1. The average Bonchev–Trinajstić information content (AvgIpc) is 2.49. The molecule has 0 amide bonds. The van der Waals surface area contributed by atoms with Crippen molar-refractivity contribution >= 4 is 11.5 Å². The lowest BCUT2D eigenvalue weighted by atomic mass is 10.1. The van der Waals surface area contributed by atoms with Gasteiger partial charge in [0.25, 0.3) is 0 Å². The first-order valence-electron chi connectivity index (χ1n) is 6.55. The number of hydrogen-bond acceptors (Lipinski definition) is 3. The number of ether oxygens (including phenoxy) is 1. The van der Waals surface area contributed by atoms with E-state index in [1.807, 2.05) is 55.5 Å². The number of carbonyl (C=O) groups excluding carboxylic acids is 1. The van der Waals surface area contributed by atoms with Crippen LogP contribution in [0.1, 0.15) is 17.3 Å². The predicted octanol–water partition coefficient (Wildman–Crippen LogP) is 3.86. The Morgan fingerprint density at radius 1 is 1.05 bits per heavy atom. The monoisotopic (exact) mass is 267 g/mol. The van der Waals surface area contributed by atoms with Crippen molar-refractivity contribution in [1.29, 1.82) is 0 Å². The molecule has 0 atom stereocenters. The van der Waals surface area contributed by atoms with Gasteiger partial charge in [0.15, 0.2) is 11.7 Å². The van der Waals surface area contributed by atoms with Gasteiger partial charge in [-0.15, -0.1) is 0 Å². The third-order valence-corrected chi connectivity index (χ3v) is 2.66. The van der Waals surface area contributed by atoms with Crippen molar-refractivity contribution < 1.29 is 9.53 Å². The molecule has 0 aliphatic carbocycles. The van der Waals surface area contributed by atoms with Gasteiger partial charge in [-0.1, -0.05) is 48.5 Å². The first-order chi connectivity index (χ1) is 9.79. The zero-order valence-electron chi connectivity index (χ0n) is 11.4. The van der Waals surface area contributed by atoms with Crippen LogP contribution in [0.5, 0.6) is 0 Å². The minimum atomic E-state index is -0.0857. The predicted molar refractivity (Wildman–Crippen MR) is 80.5 cm³/mol. The van der Waals surface area contributed by atoms with Gasteiger partial charge < -0.3 is 10.1 Å². The number of allylic oxidation sites excluding steroid dienone is 1. The van der Waals surface area contributed by atoms with E-state index in [-0.39, 0.29) is 5.78 Å². The van der Waals surface area contributed by atoms with Crippen molar-refractivity contribution in [2.75, 3.05) is 11.9 Å². The van der Waals surface area contributed by atoms with Crippen molar-refractivity contribution in [3.8, 4) is 0 Å². The molecule has 0 saturated heterocycles. The Bertz CT molecular complexity index is 576. The maximum absolute atomic E-state index is 12.1. The summed E-state index contributed by atoms with van der Waals surface area (Å²) in [6.07, 6.45) is 1.48. The number of carbonyl (C=O) groups is 1. The standard InChI is InChI=1S/C17H17NO2/c1-2-20-17(18-15-11-7-4-8-12-15)13-16(19)14-9-5-3-6-10-14/h3-13,18H,2H2,1H3/b17-13+. The van der Waals surface area contributed by atoms with Crippen LogP contribution >= 0.6 is 0 Å². The molecule has 2 rings (SSSR count). The van der Waals surface area contributed by atoms with Crippen molar-refractivity contribution in [2.24, 2.45) is 0 Å². The van der Waals surface area contributed by atoms with Crippen LogP contribution in [0, 0.1) is 0 Å². The molecule has 3 nitrogen and oxygen atoms in total. The van der Waals surface area contributed by atoms with Crippen molar-refractivity contribution in [3.05, 3.63) is 78.2 Å². The molecule has 0 spiro atoms. The molecule has 2 aromatic rings. The first-order valence-corrected chi connectivity index (χ1v) is 6.55. The number of ketones is 1. The molecule has 0 radical (unpaired) electrons. The van der Waals surface area contributed by atoms with Crippen LogP contribution in [-0.2, 0) is 4.74 Å². The fraction of sp³-hybridized carbons (Fsp3) is 0.118. The third-order valence-electron chi connectivity index (χ3n) is 2.66. The Morgan fingerprint density at radius 3 is 2.25 bits per heavy atom. The molecule has 20 heavy (non-hydrogen) atoms. The van der Waals surface area contributed by atoms with Gasteiger partial charge in [-0.05, 0) is 19.1 Å². The summed E-state index contributed by atoms with van der Waals surface area (Å²) in [5.41, 5.74) is 1.52. The highest BCUT2D eigenvalue weighted by atomic mass is 16.5. The molecular formula is C17H17NO2. The van der Waals surface area contributed by atoms with Crippen LogP contribution in [0.25, 0.3) is 0 Å². The second kappa shape index (κ2) is 7.14. The Hall–Kier alpha value is -2.55. The van der Waals surface area contributed by atoms with Gasteiger partial charge in [0.1, 0.15) is 0 Å². The van der Waals surface area contributed by atoms with E-state index in [1.54, 1.807) is 12.1 Å². The smallest absolute Gasteiger partial charge is 0.195 e. The van der Waals surface area contributed by atoms with Crippen molar-refractivity contribution in [3.63, 3.8) is 0 Å². The molecule has 0 saturated carbocycles. The third kappa shape index (κ3) is 3.99. The summed E-state index contributed by atoms with van der Waals surface area (Å²) in [5.74, 6) is 0.366. The highest BCUT2D eigenvalue weighted by Crippen LogP contribution is 2.11. The topological polar surface area (TPSA) is 38.3 Å². The zero-order chi connectivity index (χ0) is 14.2. The molecule has 0 aliphatic rings. The number of benzene rings is 2. The lowest BCUT2D eigenvalue weighted by Crippen LogP contribution is -2.07. The molecule has 0 unspecified atom stereocenters. The number of nitrogens with one attached hydrogen (secondary N) is 1. The van der Waals surface area contributed by atoms with Crippen LogP contribution in [0.15, 0.2) is 72.6 Å². The lowest BCUT2D eigenvalue weighted by Gasteiger charge is -2.11. The van der Waals surface area contributed by atoms with E-state index in [0.29, 0.717) is 18.1 Å². The van der Waals surface area contributed by atoms with E-state index in [0.717, 1.165) is 5.69 Å². The Kier molecular flexibility index (Phi) is 4.95. The molecule has 2 aromatic carbocycles.